The minimum Gasteiger partial charge on any atom is -0.497 e. The van der Waals surface area contributed by atoms with Crippen LogP contribution in [-0.2, 0) is 16.0 Å². The lowest BCUT2D eigenvalue weighted by Crippen LogP contribution is -2.23. The smallest absolute Gasteiger partial charge is 0.306 e. The maximum atomic E-state index is 12.9. The summed E-state index contributed by atoms with van der Waals surface area (Å²) in [5.74, 6) is 0.506. The number of allylic oxidation sites excluding steroid dienone is 1. The van der Waals surface area contributed by atoms with Crippen LogP contribution >= 0.6 is 0 Å². The lowest BCUT2D eigenvalue weighted by atomic mass is 10.0. The average molecular weight is 308 g/mol. The molecule has 0 radical (unpaired) electrons. The Morgan fingerprint density at radius 1 is 1.14 bits per heavy atom. The third-order valence-electron chi connectivity index (χ3n) is 3.12. The Hall–Kier alpha value is -1.84. The van der Waals surface area contributed by atoms with Crippen molar-refractivity contribution in [2.24, 2.45) is 0 Å². The molecule has 0 amide bonds. The van der Waals surface area contributed by atoms with Crippen molar-refractivity contribution in [2.45, 2.75) is 52.1 Å². The molecule has 1 rings (SSSR count). The van der Waals surface area contributed by atoms with Crippen LogP contribution in [0.3, 0.4) is 0 Å². The SMILES string of the molecule is COc1ccc(CC/C(=C\F)CCC(=O)OC(C)(C)C)cc1. The Labute approximate surface area is 132 Å². The van der Waals surface area contributed by atoms with Crippen molar-refractivity contribution >= 4 is 5.97 Å². The number of hydrogen-bond donors (Lipinski definition) is 0. The number of aryl methyl sites for hydroxylation is 1. The van der Waals surface area contributed by atoms with Crippen LogP contribution in [0.5, 0.6) is 5.75 Å². The number of hydrogen-bond acceptors (Lipinski definition) is 3. The molecule has 0 atom stereocenters. The zero-order valence-corrected chi connectivity index (χ0v) is 13.8. The van der Waals surface area contributed by atoms with Gasteiger partial charge in [0.25, 0.3) is 0 Å². The molecule has 0 saturated carbocycles. The second-order valence-corrected chi connectivity index (χ2v) is 6.20. The van der Waals surface area contributed by atoms with Crippen molar-refractivity contribution in [1.29, 1.82) is 0 Å². The number of rotatable bonds is 7. The number of carbonyl (C=O) groups excluding carboxylic acids is 1. The summed E-state index contributed by atoms with van der Waals surface area (Å²) in [6, 6.07) is 7.69. The number of carbonyl (C=O) groups is 1. The number of methoxy groups -OCH3 is 1. The summed E-state index contributed by atoms with van der Waals surface area (Å²) in [7, 11) is 1.62. The molecule has 22 heavy (non-hydrogen) atoms. The first-order valence-electron chi connectivity index (χ1n) is 7.47. The lowest BCUT2D eigenvalue weighted by molar-refractivity contribution is -0.154. The fourth-order valence-electron chi connectivity index (χ4n) is 1.99. The molecule has 0 spiro atoms. The molecule has 4 heteroatoms. The molecule has 1 aromatic rings. The van der Waals surface area contributed by atoms with Crippen LogP contribution < -0.4 is 4.74 Å². The Morgan fingerprint density at radius 2 is 1.77 bits per heavy atom. The van der Waals surface area contributed by atoms with E-state index in [0.29, 0.717) is 24.7 Å². The van der Waals surface area contributed by atoms with Crippen LogP contribution in [0.2, 0.25) is 0 Å². The average Bonchev–Trinajstić information content (AvgIpc) is 2.46. The number of esters is 1. The quantitative estimate of drug-likeness (QED) is 0.690. The van der Waals surface area contributed by atoms with Gasteiger partial charge in [0, 0.05) is 6.42 Å². The summed E-state index contributed by atoms with van der Waals surface area (Å²) in [5, 5.41) is 0. The number of halogens is 1. The standard InChI is InChI=1S/C18H25FO3/c1-18(2,3)22-17(20)12-9-15(13-19)6-5-14-7-10-16(21-4)11-8-14/h7-8,10-11,13H,5-6,9,12H2,1-4H3/b15-13+. The minimum absolute atomic E-state index is 0.204. The number of ether oxygens (including phenoxy) is 2. The summed E-state index contributed by atoms with van der Waals surface area (Å²) in [4.78, 5) is 11.6. The normalized spacial score (nSPS) is 12.1. The first kappa shape index (κ1) is 18.2. The van der Waals surface area contributed by atoms with E-state index in [2.05, 4.69) is 0 Å². The van der Waals surface area contributed by atoms with Gasteiger partial charge in [-0.15, -0.1) is 0 Å². The maximum absolute atomic E-state index is 12.9. The van der Waals surface area contributed by atoms with Crippen LogP contribution in [0.25, 0.3) is 0 Å². The summed E-state index contributed by atoms with van der Waals surface area (Å²) in [6.45, 7) is 5.46. The maximum Gasteiger partial charge on any atom is 0.306 e. The molecular formula is C18H25FO3. The summed E-state index contributed by atoms with van der Waals surface area (Å²) >= 11 is 0. The minimum atomic E-state index is -0.500. The van der Waals surface area contributed by atoms with Gasteiger partial charge in [0.05, 0.1) is 13.4 Å². The van der Waals surface area contributed by atoms with Gasteiger partial charge in [0.15, 0.2) is 0 Å². The predicted molar refractivity (Wildman–Crippen MR) is 85.6 cm³/mol. The first-order valence-corrected chi connectivity index (χ1v) is 7.47. The third-order valence-corrected chi connectivity index (χ3v) is 3.12. The summed E-state index contributed by atoms with van der Waals surface area (Å²) in [5.41, 5.74) is 1.24. The van der Waals surface area contributed by atoms with E-state index in [4.69, 9.17) is 9.47 Å². The molecule has 0 aliphatic rings. The molecule has 0 saturated heterocycles. The van der Waals surface area contributed by atoms with Gasteiger partial charge in [-0.25, -0.2) is 4.39 Å². The van der Waals surface area contributed by atoms with Crippen molar-refractivity contribution < 1.29 is 18.7 Å². The van der Waals surface area contributed by atoms with E-state index >= 15 is 0 Å². The van der Waals surface area contributed by atoms with Gasteiger partial charge >= 0.3 is 5.97 Å². The first-order chi connectivity index (χ1) is 10.3. The van der Waals surface area contributed by atoms with E-state index in [-0.39, 0.29) is 12.4 Å². The van der Waals surface area contributed by atoms with Gasteiger partial charge in [-0.1, -0.05) is 12.1 Å². The van der Waals surface area contributed by atoms with Crippen molar-refractivity contribution in [2.75, 3.05) is 7.11 Å². The molecule has 3 nitrogen and oxygen atoms in total. The molecule has 0 heterocycles. The molecule has 0 aliphatic carbocycles. The molecule has 0 N–H and O–H groups in total. The Bertz CT molecular complexity index is 498. The zero-order chi connectivity index (χ0) is 16.6. The van der Waals surface area contributed by atoms with Crippen molar-refractivity contribution in [3.05, 3.63) is 41.7 Å². The molecule has 0 aliphatic heterocycles. The monoisotopic (exact) mass is 308 g/mol. The van der Waals surface area contributed by atoms with E-state index in [9.17, 15) is 9.18 Å². The van der Waals surface area contributed by atoms with E-state index in [0.717, 1.165) is 17.7 Å². The van der Waals surface area contributed by atoms with Gasteiger partial charge in [0.1, 0.15) is 11.4 Å². The van der Waals surface area contributed by atoms with Crippen LogP contribution in [0.1, 0.15) is 45.6 Å². The number of benzene rings is 1. The molecule has 0 bridgehead atoms. The van der Waals surface area contributed by atoms with Crippen LogP contribution in [0.15, 0.2) is 36.2 Å². The second kappa shape index (κ2) is 8.57. The second-order valence-electron chi connectivity index (χ2n) is 6.20. The lowest BCUT2D eigenvalue weighted by Gasteiger charge is -2.19. The Morgan fingerprint density at radius 3 is 2.27 bits per heavy atom. The van der Waals surface area contributed by atoms with Crippen LogP contribution in [-0.4, -0.2) is 18.7 Å². The van der Waals surface area contributed by atoms with E-state index < -0.39 is 5.60 Å². The Balaban J connectivity index is 2.40. The Kier molecular flexibility index (Phi) is 7.09. The highest BCUT2D eigenvalue weighted by atomic mass is 19.1. The van der Waals surface area contributed by atoms with E-state index in [1.165, 1.54) is 0 Å². The topological polar surface area (TPSA) is 35.5 Å². The summed E-state index contributed by atoms with van der Waals surface area (Å²) < 4.78 is 23.2. The van der Waals surface area contributed by atoms with Crippen molar-refractivity contribution in [3.63, 3.8) is 0 Å². The highest BCUT2D eigenvalue weighted by molar-refractivity contribution is 5.70. The van der Waals surface area contributed by atoms with Crippen LogP contribution in [0, 0.1) is 0 Å². The molecule has 0 fully saturated rings. The highest BCUT2D eigenvalue weighted by Gasteiger charge is 2.16. The van der Waals surface area contributed by atoms with Crippen molar-refractivity contribution in [1.82, 2.24) is 0 Å². The van der Waals surface area contributed by atoms with Crippen LogP contribution in [0.4, 0.5) is 4.39 Å². The van der Waals surface area contributed by atoms with E-state index in [1.54, 1.807) is 7.11 Å². The molecule has 122 valence electrons. The largest absolute Gasteiger partial charge is 0.497 e. The van der Waals surface area contributed by atoms with Gasteiger partial charge in [-0.3, -0.25) is 4.79 Å². The fourth-order valence-corrected chi connectivity index (χ4v) is 1.99. The third kappa shape index (κ3) is 7.25. The van der Waals surface area contributed by atoms with E-state index in [1.807, 2.05) is 45.0 Å². The predicted octanol–water partition coefficient (Wildman–Crippen LogP) is 4.60. The fraction of sp³-hybridized carbons (Fsp3) is 0.500. The van der Waals surface area contributed by atoms with Gasteiger partial charge in [-0.05, 0) is 63.3 Å². The summed E-state index contributed by atoms with van der Waals surface area (Å²) in [6.07, 6.45) is 2.52. The zero-order valence-electron chi connectivity index (χ0n) is 13.8. The molecule has 0 unspecified atom stereocenters. The van der Waals surface area contributed by atoms with Gasteiger partial charge in [0.2, 0.25) is 0 Å². The van der Waals surface area contributed by atoms with Gasteiger partial charge in [-0.2, -0.15) is 0 Å². The highest BCUT2D eigenvalue weighted by Crippen LogP contribution is 2.18. The van der Waals surface area contributed by atoms with Gasteiger partial charge < -0.3 is 9.47 Å². The molecule has 1 aromatic carbocycles. The molecular weight excluding hydrogens is 283 g/mol. The van der Waals surface area contributed by atoms with Crippen molar-refractivity contribution in [3.8, 4) is 5.75 Å². The molecule has 0 aromatic heterocycles.